The minimum atomic E-state index is -0.0603. The van der Waals surface area contributed by atoms with Crippen molar-refractivity contribution in [3.05, 3.63) is 26.2 Å². The van der Waals surface area contributed by atoms with Crippen molar-refractivity contribution in [3.8, 4) is 12.3 Å². The average Bonchev–Trinajstić information content (AvgIpc) is 2.19. The van der Waals surface area contributed by atoms with E-state index in [0.29, 0.717) is 12.8 Å². The minimum Gasteiger partial charge on any atom is -0.325 e. The largest absolute Gasteiger partial charge is 0.325 e. The Morgan fingerprint density at radius 1 is 1.60 bits per heavy atom. The molecule has 1 aromatic rings. The Bertz CT molecular complexity index is 412. The predicted molar refractivity (Wildman–Crippen MR) is 73.6 cm³/mol. The molecule has 1 N–H and O–H groups in total. The molecule has 0 atom stereocenters. The quantitative estimate of drug-likeness (QED) is 0.634. The van der Waals surface area contributed by atoms with Crippen molar-refractivity contribution in [2.24, 2.45) is 0 Å². The fraction of sp³-hybridized carbons (Fsp3) is 0.182. The Morgan fingerprint density at radius 3 is 2.93 bits per heavy atom. The molecule has 4 heteroatoms. The van der Waals surface area contributed by atoms with Crippen LogP contribution < -0.4 is 5.32 Å². The van der Waals surface area contributed by atoms with E-state index in [2.05, 4.69) is 49.8 Å². The van der Waals surface area contributed by atoms with E-state index in [0.717, 1.165) is 13.7 Å². The van der Waals surface area contributed by atoms with Crippen LogP contribution in [-0.4, -0.2) is 5.91 Å². The monoisotopic (exact) mass is 377 g/mol. The van der Waals surface area contributed by atoms with Crippen molar-refractivity contribution < 1.29 is 4.79 Å². The number of anilines is 1. The van der Waals surface area contributed by atoms with Crippen LogP contribution in [0, 0.1) is 15.9 Å². The van der Waals surface area contributed by atoms with Crippen molar-refractivity contribution in [2.75, 3.05) is 5.32 Å². The molecule has 15 heavy (non-hydrogen) atoms. The molecule has 0 saturated heterocycles. The number of halogens is 2. The molecule has 0 unspecified atom stereocenters. The topological polar surface area (TPSA) is 29.1 Å². The number of rotatable bonds is 3. The van der Waals surface area contributed by atoms with Gasteiger partial charge in [-0.1, -0.05) is 0 Å². The van der Waals surface area contributed by atoms with Crippen LogP contribution in [0.4, 0.5) is 5.69 Å². The summed E-state index contributed by atoms with van der Waals surface area (Å²) in [6.45, 7) is 0. The van der Waals surface area contributed by atoms with Gasteiger partial charge in [0.2, 0.25) is 5.91 Å². The molecule has 0 bridgehead atoms. The highest BCUT2D eigenvalue weighted by Gasteiger charge is 2.04. The van der Waals surface area contributed by atoms with Crippen LogP contribution in [0.1, 0.15) is 12.8 Å². The van der Waals surface area contributed by atoms with Gasteiger partial charge >= 0.3 is 0 Å². The normalized spacial score (nSPS) is 9.40. The van der Waals surface area contributed by atoms with Crippen LogP contribution in [0.15, 0.2) is 22.7 Å². The number of nitrogens with one attached hydrogen (secondary N) is 1. The summed E-state index contributed by atoms with van der Waals surface area (Å²) in [6.07, 6.45) is 5.90. The van der Waals surface area contributed by atoms with E-state index in [4.69, 9.17) is 6.42 Å². The highest BCUT2D eigenvalue weighted by Crippen LogP contribution is 2.24. The zero-order valence-electron chi connectivity index (χ0n) is 7.89. The fourth-order valence-electron chi connectivity index (χ4n) is 0.989. The fourth-order valence-corrected chi connectivity index (χ4v) is 2.39. The Morgan fingerprint density at radius 2 is 2.33 bits per heavy atom. The van der Waals surface area contributed by atoms with Crippen LogP contribution in [-0.2, 0) is 4.79 Å². The second-order valence-corrected chi connectivity index (χ2v) is 4.98. The van der Waals surface area contributed by atoms with E-state index in [1.807, 2.05) is 18.2 Å². The second-order valence-electron chi connectivity index (χ2n) is 2.88. The number of carbonyl (C=O) groups is 1. The molecule has 0 aliphatic rings. The minimum absolute atomic E-state index is 0.0603. The smallest absolute Gasteiger partial charge is 0.225 e. The van der Waals surface area contributed by atoms with Gasteiger partial charge in [-0.15, -0.1) is 12.3 Å². The molecule has 2 nitrogen and oxygen atoms in total. The maximum absolute atomic E-state index is 11.4. The highest BCUT2D eigenvalue weighted by atomic mass is 127. The number of amides is 1. The summed E-state index contributed by atoms with van der Waals surface area (Å²) in [5.74, 6) is 2.37. The summed E-state index contributed by atoms with van der Waals surface area (Å²) < 4.78 is 1.99. The van der Waals surface area contributed by atoms with Gasteiger partial charge in [-0.2, -0.15) is 0 Å². The zero-order valence-corrected chi connectivity index (χ0v) is 11.6. The van der Waals surface area contributed by atoms with Crippen LogP contribution >= 0.6 is 38.5 Å². The van der Waals surface area contributed by atoms with Gasteiger partial charge in [-0.3, -0.25) is 4.79 Å². The van der Waals surface area contributed by atoms with Crippen molar-refractivity contribution >= 4 is 50.1 Å². The summed E-state index contributed by atoms with van der Waals surface area (Å²) in [4.78, 5) is 11.4. The van der Waals surface area contributed by atoms with E-state index in [1.54, 1.807) is 0 Å². The Balaban J connectivity index is 2.65. The highest BCUT2D eigenvalue weighted by molar-refractivity contribution is 14.1. The maximum atomic E-state index is 11.4. The molecule has 0 fully saturated rings. The summed E-state index contributed by atoms with van der Waals surface area (Å²) >= 11 is 5.59. The van der Waals surface area contributed by atoms with E-state index in [-0.39, 0.29) is 5.91 Å². The standard InChI is InChI=1S/C11H9BrINO/c1-2-3-4-11(15)14-10-6-5-8(13)7-9(10)12/h1,5-7H,3-4H2,(H,14,15). The molecule has 0 aliphatic heterocycles. The van der Waals surface area contributed by atoms with Crippen LogP contribution in [0.25, 0.3) is 0 Å². The van der Waals surface area contributed by atoms with Crippen molar-refractivity contribution in [1.29, 1.82) is 0 Å². The van der Waals surface area contributed by atoms with E-state index in [9.17, 15) is 4.79 Å². The lowest BCUT2D eigenvalue weighted by atomic mass is 10.3. The molecule has 0 aromatic heterocycles. The number of terminal acetylenes is 1. The third-order valence-electron chi connectivity index (χ3n) is 1.70. The number of benzene rings is 1. The van der Waals surface area contributed by atoms with Crippen molar-refractivity contribution in [1.82, 2.24) is 0 Å². The second kappa shape index (κ2) is 6.13. The van der Waals surface area contributed by atoms with Gasteiger partial charge in [-0.25, -0.2) is 0 Å². The van der Waals surface area contributed by atoms with Gasteiger partial charge in [0, 0.05) is 20.9 Å². The maximum Gasteiger partial charge on any atom is 0.225 e. The Labute approximate surface area is 111 Å². The first-order valence-corrected chi connectivity index (χ1v) is 6.19. The van der Waals surface area contributed by atoms with Crippen LogP contribution in [0.3, 0.4) is 0 Å². The Kier molecular flexibility index (Phi) is 5.12. The molecule has 1 amide bonds. The van der Waals surface area contributed by atoms with Crippen molar-refractivity contribution in [2.45, 2.75) is 12.8 Å². The molecular weight excluding hydrogens is 369 g/mol. The number of hydrogen-bond acceptors (Lipinski definition) is 1. The molecule has 0 aliphatic carbocycles. The molecule has 0 heterocycles. The van der Waals surface area contributed by atoms with Crippen molar-refractivity contribution in [3.63, 3.8) is 0 Å². The van der Waals surface area contributed by atoms with Gasteiger partial charge < -0.3 is 5.32 Å². The average molecular weight is 378 g/mol. The van der Waals surface area contributed by atoms with Gasteiger partial charge in [0.05, 0.1) is 5.69 Å². The Hall–Kier alpha value is -0.540. The third-order valence-corrected chi connectivity index (χ3v) is 3.03. The lowest BCUT2D eigenvalue weighted by Crippen LogP contribution is -2.11. The SMILES string of the molecule is C#CCCC(=O)Nc1ccc(I)cc1Br. The van der Waals surface area contributed by atoms with E-state index < -0.39 is 0 Å². The van der Waals surface area contributed by atoms with E-state index >= 15 is 0 Å². The summed E-state index contributed by atoms with van der Waals surface area (Å²) in [5, 5.41) is 2.79. The van der Waals surface area contributed by atoms with Gasteiger partial charge in [0.25, 0.3) is 0 Å². The molecule has 0 saturated carbocycles. The molecular formula is C11H9BrINO. The number of hydrogen-bond donors (Lipinski definition) is 1. The molecule has 1 aromatic carbocycles. The first-order chi connectivity index (χ1) is 7.13. The first-order valence-electron chi connectivity index (χ1n) is 4.32. The summed E-state index contributed by atoms with van der Waals surface area (Å²) in [7, 11) is 0. The van der Waals surface area contributed by atoms with Gasteiger partial charge in [-0.05, 0) is 56.7 Å². The summed E-state index contributed by atoms with van der Waals surface area (Å²) in [5.41, 5.74) is 0.775. The molecule has 0 radical (unpaired) electrons. The number of carbonyl (C=O) groups excluding carboxylic acids is 1. The molecule has 78 valence electrons. The first kappa shape index (κ1) is 12.5. The van der Waals surface area contributed by atoms with Crippen LogP contribution in [0.2, 0.25) is 0 Å². The molecule has 1 rings (SSSR count). The van der Waals surface area contributed by atoms with Gasteiger partial charge in [0.15, 0.2) is 0 Å². The zero-order chi connectivity index (χ0) is 11.3. The lowest BCUT2D eigenvalue weighted by molar-refractivity contribution is -0.116. The third kappa shape index (κ3) is 4.22. The molecule has 0 spiro atoms. The predicted octanol–water partition coefficient (Wildman–Crippen LogP) is 3.41. The lowest BCUT2D eigenvalue weighted by Gasteiger charge is -2.06. The van der Waals surface area contributed by atoms with Gasteiger partial charge in [0.1, 0.15) is 0 Å². The summed E-state index contributed by atoms with van der Waals surface area (Å²) in [6, 6.07) is 5.74. The van der Waals surface area contributed by atoms with E-state index in [1.165, 1.54) is 0 Å². The van der Waals surface area contributed by atoms with Crippen LogP contribution in [0.5, 0.6) is 0 Å².